The SMILES string of the molecule is CC/N=C(\NC)S(C)(=O)=O. The topological polar surface area (TPSA) is 58.5 Å². The Morgan fingerprint density at radius 1 is 1.60 bits per heavy atom. The molecule has 0 spiro atoms. The average molecular weight is 164 g/mol. The Labute approximate surface area is 61.3 Å². The molecule has 0 aliphatic carbocycles. The number of rotatable bonds is 1. The van der Waals surface area contributed by atoms with Crippen LogP contribution in [0.2, 0.25) is 0 Å². The summed E-state index contributed by atoms with van der Waals surface area (Å²) in [6.45, 7) is 2.26. The lowest BCUT2D eigenvalue weighted by Gasteiger charge is -2.00. The van der Waals surface area contributed by atoms with Gasteiger partial charge in [0, 0.05) is 19.8 Å². The molecule has 0 aromatic carbocycles. The molecule has 0 aromatic heterocycles. The lowest BCUT2D eigenvalue weighted by atomic mass is 10.8. The summed E-state index contributed by atoms with van der Waals surface area (Å²) in [5, 5.41) is 2.56. The van der Waals surface area contributed by atoms with Gasteiger partial charge in [-0.1, -0.05) is 0 Å². The number of nitrogens with zero attached hydrogens (tertiary/aromatic N) is 1. The molecule has 0 radical (unpaired) electrons. The van der Waals surface area contributed by atoms with Gasteiger partial charge in [-0.05, 0) is 6.92 Å². The molecule has 60 valence electrons. The summed E-state index contributed by atoms with van der Waals surface area (Å²) in [6.07, 6.45) is 1.12. The first-order valence-electron chi connectivity index (χ1n) is 2.94. The van der Waals surface area contributed by atoms with E-state index in [1.54, 1.807) is 6.92 Å². The van der Waals surface area contributed by atoms with Gasteiger partial charge in [0.05, 0.1) is 0 Å². The summed E-state index contributed by atoms with van der Waals surface area (Å²) in [5.74, 6) is 0. The van der Waals surface area contributed by atoms with E-state index < -0.39 is 9.84 Å². The molecule has 0 rings (SSSR count). The number of hydrogen-bond acceptors (Lipinski definition) is 3. The maximum Gasteiger partial charge on any atom is 0.215 e. The van der Waals surface area contributed by atoms with E-state index in [-0.39, 0.29) is 5.17 Å². The van der Waals surface area contributed by atoms with Crippen LogP contribution < -0.4 is 5.32 Å². The molecule has 0 unspecified atom stereocenters. The highest BCUT2D eigenvalue weighted by Gasteiger charge is 2.08. The molecule has 0 atom stereocenters. The van der Waals surface area contributed by atoms with E-state index in [4.69, 9.17) is 0 Å². The number of hydrogen-bond donors (Lipinski definition) is 1. The molecule has 0 fully saturated rings. The van der Waals surface area contributed by atoms with Crippen LogP contribution in [0.4, 0.5) is 0 Å². The number of amidine groups is 1. The van der Waals surface area contributed by atoms with Crippen molar-refractivity contribution in [3.63, 3.8) is 0 Å². The second-order valence-electron chi connectivity index (χ2n) is 1.80. The molecule has 10 heavy (non-hydrogen) atoms. The zero-order valence-corrected chi connectivity index (χ0v) is 7.20. The van der Waals surface area contributed by atoms with Crippen molar-refractivity contribution < 1.29 is 8.42 Å². The molecular weight excluding hydrogens is 152 g/mol. The Morgan fingerprint density at radius 2 is 2.10 bits per heavy atom. The third-order valence-corrected chi connectivity index (χ3v) is 1.90. The summed E-state index contributed by atoms with van der Waals surface area (Å²) in [7, 11) is -1.60. The Hall–Kier alpha value is -0.580. The Balaban J connectivity index is 4.54. The predicted molar refractivity (Wildman–Crippen MR) is 41.9 cm³/mol. The third kappa shape index (κ3) is 2.82. The molecular formula is C5H12N2O2S. The summed E-state index contributed by atoms with van der Waals surface area (Å²) < 4.78 is 21.5. The van der Waals surface area contributed by atoms with E-state index in [9.17, 15) is 8.42 Å². The van der Waals surface area contributed by atoms with E-state index >= 15 is 0 Å². The standard InChI is InChI=1S/C5H12N2O2S/c1-4-7-5(6-2)10(3,8)9/h4H2,1-3H3,(H,6,7). The van der Waals surface area contributed by atoms with Crippen molar-refractivity contribution >= 4 is 15.0 Å². The first-order valence-corrected chi connectivity index (χ1v) is 4.83. The molecule has 0 saturated carbocycles. The zero-order chi connectivity index (χ0) is 8.20. The van der Waals surface area contributed by atoms with Crippen molar-refractivity contribution in [3.8, 4) is 0 Å². The molecule has 0 heterocycles. The molecule has 0 saturated heterocycles. The van der Waals surface area contributed by atoms with Crippen LogP contribution in [-0.4, -0.2) is 33.4 Å². The maximum atomic E-state index is 10.8. The fourth-order valence-electron chi connectivity index (χ4n) is 0.525. The van der Waals surface area contributed by atoms with Crippen LogP contribution in [0.25, 0.3) is 0 Å². The summed E-state index contributed by atoms with van der Waals surface area (Å²) in [6, 6.07) is 0. The fraction of sp³-hybridized carbons (Fsp3) is 0.800. The van der Waals surface area contributed by atoms with E-state index in [2.05, 4.69) is 10.3 Å². The van der Waals surface area contributed by atoms with Crippen molar-refractivity contribution in [3.05, 3.63) is 0 Å². The third-order valence-electron chi connectivity index (χ3n) is 0.867. The zero-order valence-electron chi connectivity index (χ0n) is 6.38. The maximum absolute atomic E-state index is 10.8. The van der Waals surface area contributed by atoms with Gasteiger partial charge in [-0.15, -0.1) is 0 Å². The number of nitrogens with one attached hydrogen (secondary N) is 1. The molecule has 0 amide bonds. The Morgan fingerprint density at radius 3 is 2.20 bits per heavy atom. The van der Waals surface area contributed by atoms with Gasteiger partial charge in [0.15, 0.2) is 0 Å². The van der Waals surface area contributed by atoms with Gasteiger partial charge in [0.1, 0.15) is 0 Å². The predicted octanol–water partition coefficient (Wildman–Crippen LogP) is -0.374. The minimum atomic E-state index is -3.14. The van der Waals surface area contributed by atoms with Crippen molar-refractivity contribution in [2.24, 2.45) is 4.99 Å². The first-order chi connectivity index (χ1) is 4.52. The Kier molecular flexibility index (Phi) is 3.35. The van der Waals surface area contributed by atoms with Gasteiger partial charge in [-0.3, -0.25) is 4.99 Å². The number of aliphatic imine (C=N–C) groups is 1. The highest BCUT2D eigenvalue weighted by molar-refractivity contribution is 8.05. The Bertz CT molecular complexity index is 218. The van der Waals surface area contributed by atoms with Gasteiger partial charge in [0.25, 0.3) is 0 Å². The second kappa shape index (κ2) is 3.55. The van der Waals surface area contributed by atoms with E-state index in [0.29, 0.717) is 6.54 Å². The molecule has 0 bridgehead atoms. The van der Waals surface area contributed by atoms with Crippen LogP contribution >= 0.6 is 0 Å². The molecule has 4 nitrogen and oxygen atoms in total. The monoisotopic (exact) mass is 164 g/mol. The smallest absolute Gasteiger partial charge is 0.215 e. The summed E-state index contributed by atoms with van der Waals surface area (Å²) >= 11 is 0. The minimum Gasteiger partial charge on any atom is -0.364 e. The van der Waals surface area contributed by atoms with Crippen molar-refractivity contribution in [2.45, 2.75) is 6.92 Å². The van der Waals surface area contributed by atoms with E-state index in [1.807, 2.05) is 0 Å². The van der Waals surface area contributed by atoms with Crippen LogP contribution in [0, 0.1) is 0 Å². The lowest BCUT2D eigenvalue weighted by molar-refractivity contribution is 0.611. The molecule has 0 aliphatic heterocycles. The molecule has 0 aromatic rings. The highest BCUT2D eigenvalue weighted by Crippen LogP contribution is 1.85. The largest absolute Gasteiger partial charge is 0.364 e. The van der Waals surface area contributed by atoms with Crippen molar-refractivity contribution in [2.75, 3.05) is 19.8 Å². The average Bonchev–Trinajstić information content (AvgIpc) is 1.80. The van der Waals surface area contributed by atoms with Crippen LogP contribution in [0.1, 0.15) is 6.92 Å². The summed E-state index contributed by atoms with van der Waals surface area (Å²) in [4.78, 5) is 3.73. The summed E-state index contributed by atoms with van der Waals surface area (Å²) in [5.41, 5.74) is 0. The van der Waals surface area contributed by atoms with Gasteiger partial charge >= 0.3 is 0 Å². The van der Waals surface area contributed by atoms with Gasteiger partial charge in [-0.2, -0.15) is 0 Å². The van der Waals surface area contributed by atoms with Crippen LogP contribution in [0.5, 0.6) is 0 Å². The van der Waals surface area contributed by atoms with E-state index in [0.717, 1.165) is 6.26 Å². The second-order valence-corrected chi connectivity index (χ2v) is 3.73. The lowest BCUT2D eigenvalue weighted by Crippen LogP contribution is -2.27. The van der Waals surface area contributed by atoms with Crippen molar-refractivity contribution in [1.82, 2.24) is 5.32 Å². The molecule has 0 aliphatic rings. The van der Waals surface area contributed by atoms with Crippen LogP contribution in [-0.2, 0) is 9.84 Å². The van der Waals surface area contributed by atoms with Crippen LogP contribution in [0.15, 0.2) is 4.99 Å². The molecule has 5 heteroatoms. The normalized spacial score (nSPS) is 13.3. The van der Waals surface area contributed by atoms with Crippen LogP contribution in [0.3, 0.4) is 0 Å². The van der Waals surface area contributed by atoms with Gasteiger partial charge in [-0.25, -0.2) is 8.42 Å². The first kappa shape index (κ1) is 9.42. The number of sulfone groups is 1. The van der Waals surface area contributed by atoms with E-state index in [1.165, 1.54) is 7.05 Å². The highest BCUT2D eigenvalue weighted by atomic mass is 32.2. The van der Waals surface area contributed by atoms with Gasteiger partial charge < -0.3 is 5.32 Å². The quantitative estimate of drug-likeness (QED) is 0.425. The van der Waals surface area contributed by atoms with Gasteiger partial charge in [0.2, 0.25) is 15.0 Å². The minimum absolute atomic E-state index is 0.0509. The van der Waals surface area contributed by atoms with Crippen molar-refractivity contribution in [1.29, 1.82) is 0 Å². The molecule has 1 N–H and O–H groups in total. The fourth-order valence-corrected chi connectivity index (χ4v) is 1.26.